The van der Waals surface area contributed by atoms with E-state index in [1.54, 1.807) is 6.92 Å². The maximum atomic E-state index is 14.2. The zero-order chi connectivity index (χ0) is 34.7. The van der Waals surface area contributed by atoms with Gasteiger partial charge in [0, 0.05) is 0 Å². The number of carboxylic acid groups (broad SMARTS) is 1. The first-order chi connectivity index (χ1) is 21.7. The summed E-state index contributed by atoms with van der Waals surface area (Å²) in [6.07, 6.45) is -2.55. The maximum Gasteiger partial charge on any atom is 0.317 e. The average molecular weight is 665 g/mol. The van der Waals surface area contributed by atoms with Crippen molar-refractivity contribution in [2.75, 3.05) is 6.61 Å². The highest BCUT2D eigenvalue weighted by molar-refractivity contribution is 5.79. The van der Waals surface area contributed by atoms with Crippen molar-refractivity contribution >= 4 is 11.9 Å². The summed E-state index contributed by atoms with van der Waals surface area (Å²) in [5, 5.41) is 74.3. The SMILES string of the molecule is CC1(C)CC[C@]2(C(=O)O)CC[C@]3(C)C(=CC[C@@H]4[C@@]5(C)C[C@H](O)[C@H](O)[C@@](C)(C(=O)O[C@@H]6O[C@H](CO)[C@@H](O)[C@H](O)[C@H]6O)[C@@H]5CC[C@]43C)[C@@H]2C1. The topological polar surface area (TPSA) is 194 Å². The summed E-state index contributed by atoms with van der Waals surface area (Å²) in [7, 11) is 0. The minimum atomic E-state index is -1.79. The quantitative estimate of drug-likeness (QED) is 0.172. The number of ether oxygens (including phenoxy) is 2. The number of esters is 1. The molecule has 5 fully saturated rings. The van der Waals surface area contributed by atoms with Crippen LogP contribution in [0.2, 0.25) is 0 Å². The van der Waals surface area contributed by atoms with E-state index in [9.17, 15) is 45.3 Å². The van der Waals surface area contributed by atoms with Gasteiger partial charge in [-0.15, -0.1) is 0 Å². The normalized spacial score (nSPS) is 53.7. The molecule has 11 nitrogen and oxygen atoms in total. The zero-order valence-electron chi connectivity index (χ0n) is 28.7. The third kappa shape index (κ3) is 4.69. The van der Waals surface area contributed by atoms with Gasteiger partial charge < -0.3 is 45.2 Å². The molecule has 47 heavy (non-hydrogen) atoms. The third-order valence-corrected chi connectivity index (χ3v) is 15.2. The molecule has 1 saturated heterocycles. The second kappa shape index (κ2) is 11.2. The Morgan fingerprint density at radius 2 is 1.53 bits per heavy atom. The summed E-state index contributed by atoms with van der Waals surface area (Å²) in [4.78, 5) is 27.1. The van der Waals surface area contributed by atoms with Crippen molar-refractivity contribution in [1.29, 1.82) is 0 Å². The number of fused-ring (bicyclic) bond motifs is 7. The van der Waals surface area contributed by atoms with E-state index in [1.165, 1.54) is 5.57 Å². The molecule has 0 aromatic rings. The minimum absolute atomic E-state index is 0.0120. The monoisotopic (exact) mass is 664 g/mol. The molecule has 1 heterocycles. The van der Waals surface area contributed by atoms with Gasteiger partial charge in [-0.25, -0.2) is 0 Å². The van der Waals surface area contributed by atoms with Crippen LogP contribution in [0.15, 0.2) is 11.6 Å². The minimum Gasteiger partial charge on any atom is -0.481 e. The van der Waals surface area contributed by atoms with Crippen molar-refractivity contribution in [3.05, 3.63) is 11.6 Å². The maximum absolute atomic E-state index is 14.2. The second-order valence-corrected chi connectivity index (χ2v) is 17.8. The fourth-order valence-electron chi connectivity index (χ4n) is 12.1. The van der Waals surface area contributed by atoms with Crippen molar-refractivity contribution in [3.63, 3.8) is 0 Å². The highest BCUT2D eigenvalue weighted by atomic mass is 16.7. The number of aliphatic carboxylic acids is 1. The molecule has 6 rings (SSSR count). The fraction of sp³-hybridized carbons (Fsp3) is 0.889. The Balaban J connectivity index is 1.35. The van der Waals surface area contributed by atoms with E-state index in [4.69, 9.17) is 9.47 Å². The van der Waals surface area contributed by atoms with Gasteiger partial charge in [-0.1, -0.05) is 46.3 Å². The lowest BCUT2D eigenvalue weighted by Crippen LogP contribution is -2.69. The molecule has 15 atom stereocenters. The van der Waals surface area contributed by atoms with E-state index in [1.807, 2.05) is 0 Å². The van der Waals surface area contributed by atoms with Gasteiger partial charge in [0.2, 0.25) is 6.29 Å². The molecule has 0 radical (unpaired) electrons. The van der Waals surface area contributed by atoms with E-state index < -0.39 is 83.6 Å². The number of aliphatic hydroxyl groups is 6. The Morgan fingerprint density at radius 3 is 2.17 bits per heavy atom. The smallest absolute Gasteiger partial charge is 0.317 e. The molecule has 4 saturated carbocycles. The molecular weight excluding hydrogens is 608 g/mol. The van der Waals surface area contributed by atoms with Gasteiger partial charge in [0.15, 0.2) is 0 Å². The molecule has 11 heteroatoms. The first-order valence-corrected chi connectivity index (χ1v) is 17.6. The Bertz CT molecular complexity index is 1310. The van der Waals surface area contributed by atoms with Gasteiger partial charge in [0.1, 0.15) is 24.4 Å². The van der Waals surface area contributed by atoms with Crippen LogP contribution in [0.3, 0.4) is 0 Å². The van der Waals surface area contributed by atoms with Crippen molar-refractivity contribution < 1.29 is 54.8 Å². The first kappa shape index (κ1) is 35.2. The number of rotatable bonds is 4. The summed E-state index contributed by atoms with van der Waals surface area (Å²) in [5.41, 5.74) is -2.22. The van der Waals surface area contributed by atoms with Crippen LogP contribution >= 0.6 is 0 Å². The Hall–Kier alpha value is -1.60. The third-order valence-electron chi connectivity index (χ3n) is 15.2. The molecule has 1 aliphatic heterocycles. The van der Waals surface area contributed by atoms with E-state index in [2.05, 4.69) is 40.7 Å². The molecule has 6 aliphatic rings. The van der Waals surface area contributed by atoms with Crippen LogP contribution in [-0.4, -0.2) is 97.2 Å². The summed E-state index contributed by atoms with van der Waals surface area (Å²) < 4.78 is 11.1. The first-order valence-electron chi connectivity index (χ1n) is 17.6. The zero-order valence-corrected chi connectivity index (χ0v) is 28.7. The lowest BCUT2D eigenvalue weighted by atomic mass is 9.33. The summed E-state index contributed by atoms with van der Waals surface area (Å²) in [6.45, 7) is 12.1. The average Bonchev–Trinajstić information content (AvgIpc) is 3.00. The van der Waals surface area contributed by atoms with Crippen LogP contribution in [0, 0.1) is 50.2 Å². The van der Waals surface area contributed by atoms with Crippen molar-refractivity contribution in [1.82, 2.24) is 0 Å². The predicted molar refractivity (Wildman–Crippen MR) is 168 cm³/mol. The van der Waals surface area contributed by atoms with Crippen molar-refractivity contribution in [2.45, 2.75) is 142 Å². The van der Waals surface area contributed by atoms with Crippen LogP contribution in [-0.2, 0) is 19.1 Å². The Morgan fingerprint density at radius 1 is 0.872 bits per heavy atom. The Labute approximate surface area is 277 Å². The summed E-state index contributed by atoms with van der Waals surface area (Å²) in [5.74, 6) is -2.04. The van der Waals surface area contributed by atoms with Crippen LogP contribution < -0.4 is 0 Å². The van der Waals surface area contributed by atoms with E-state index in [0.29, 0.717) is 25.7 Å². The Kier molecular flexibility index (Phi) is 8.40. The highest BCUT2D eigenvalue weighted by Crippen LogP contribution is 2.76. The molecule has 0 bridgehead atoms. The van der Waals surface area contributed by atoms with Crippen molar-refractivity contribution in [2.24, 2.45) is 50.2 Å². The molecule has 0 unspecified atom stereocenters. The number of carbonyl (C=O) groups is 2. The van der Waals surface area contributed by atoms with Gasteiger partial charge in [-0.2, -0.15) is 0 Å². The van der Waals surface area contributed by atoms with Gasteiger partial charge in [0.05, 0.1) is 29.6 Å². The molecule has 0 aromatic carbocycles. The molecular formula is C36H56O11. The van der Waals surface area contributed by atoms with Crippen LogP contribution in [0.4, 0.5) is 0 Å². The molecule has 7 N–H and O–H groups in total. The number of aliphatic hydroxyl groups excluding tert-OH is 6. The van der Waals surface area contributed by atoms with Gasteiger partial charge in [-0.05, 0) is 104 Å². The second-order valence-electron chi connectivity index (χ2n) is 17.8. The molecule has 0 spiro atoms. The highest BCUT2D eigenvalue weighted by Gasteiger charge is 2.72. The number of hydrogen-bond donors (Lipinski definition) is 7. The number of hydrogen-bond acceptors (Lipinski definition) is 10. The lowest BCUT2D eigenvalue weighted by molar-refractivity contribution is -0.303. The summed E-state index contributed by atoms with van der Waals surface area (Å²) in [6, 6.07) is 0. The van der Waals surface area contributed by atoms with Crippen LogP contribution in [0.1, 0.15) is 99.3 Å². The molecule has 266 valence electrons. The number of carbonyl (C=O) groups excluding carboxylic acids is 1. The summed E-state index contributed by atoms with van der Waals surface area (Å²) >= 11 is 0. The fourth-order valence-corrected chi connectivity index (χ4v) is 12.1. The van der Waals surface area contributed by atoms with E-state index in [-0.39, 0.29) is 34.5 Å². The predicted octanol–water partition coefficient (Wildman–Crippen LogP) is 2.53. The van der Waals surface area contributed by atoms with E-state index in [0.717, 1.165) is 25.7 Å². The number of allylic oxidation sites excluding steroid dienone is 2. The van der Waals surface area contributed by atoms with Crippen LogP contribution in [0.5, 0.6) is 0 Å². The molecule has 0 amide bonds. The van der Waals surface area contributed by atoms with E-state index >= 15 is 0 Å². The standard InChI is InChI=1S/C36H56O11/c1-31(2)11-13-36(29(43)44)14-12-33(4)18(19(36)15-31)7-8-22-32(3)16-20(38)27(42)35(6,23(32)9-10-34(22,33)5)30(45)47-28-26(41)25(40)24(39)21(17-37)46-28/h7,19-28,37-42H,8-17H2,1-6H3,(H,43,44)/t19-,20-,21+,22+,23+,24+,25-,26+,27-,28-,32+,33+,34+,35-,36-/m0/s1. The lowest BCUT2D eigenvalue weighted by Gasteiger charge is -2.71. The number of carboxylic acids is 1. The van der Waals surface area contributed by atoms with Gasteiger partial charge in [-0.3, -0.25) is 9.59 Å². The van der Waals surface area contributed by atoms with Gasteiger partial charge in [0.25, 0.3) is 0 Å². The van der Waals surface area contributed by atoms with Crippen LogP contribution in [0.25, 0.3) is 0 Å². The van der Waals surface area contributed by atoms with Gasteiger partial charge >= 0.3 is 11.9 Å². The molecule has 5 aliphatic carbocycles. The largest absolute Gasteiger partial charge is 0.481 e. The van der Waals surface area contributed by atoms with Crippen molar-refractivity contribution in [3.8, 4) is 0 Å². The molecule has 0 aromatic heterocycles.